The van der Waals surface area contributed by atoms with E-state index < -0.39 is 0 Å². The van der Waals surface area contributed by atoms with Gasteiger partial charge in [0.05, 0.1) is 12.6 Å². The number of nitrogens with one attached hydrogen (secondary N) is 1. The molecule has 2 rings (SSSR count). The number of carbonyl (C=O) groups is 1. The van der Waals surface area contributed by atoms with Crippen LogP contribution in [0.4, 0.5) is 0 Å². The summed E-state index contributed by atoms with van der Waals surface area (Å²) >= 11 is 0. The number of carbonyl (C=O) groups excluding carboxylic acids is 1. The monoisotopic (exact) mass is 284 g/mol. The van der Waals surface area contributed by atoms with Crippen molar-refractivity contribution in [2.45, 2.75) is 19.5 Å². The van der Waals surface area contributed by atoms with Gasteiger partial charge in [0.25, 0.3) is 0 Å². The summed E-state index contributed by atoms with van der Waals surface area (Å²) in [5.74, 6) is 5.62. The molecule has 108 valence electrons. The first kappa shape index (κ1) is 14.7. The van der Waals surface area contributed by atoms with Gasteiger partial charge in [0, 0.05) is 5.56 Å². The fourth-order valence-electron chi connectivity index (χ4n) is 1.81. The normalized spacial score (nSPS) is 11.3. The van der Waals surface area contributed by atoms with Crippen molar-refractivity contribution in [3.05, 3.63) is 41.7 Å². The van der Waals surface area contributed by atoms with Crippen LogP contribution in [0.25, 0.3) is 0 Å². The second-order valence-electron chi connectivity index (χ2n) is 4.43. The van der Waals surface area contributed by atoms with Crippen molar-refractivity contribution in [3.8, 4) is 11.8 Å². The fraction of sp³-hybridized carbons (Fsp3) is 0.286. The average molecular weight is 284 g/mol. The Morgan fingerprint density at radius 1 is 1.52 bits per heavy atom. The minimum absolute atomic E-state index is 0.0873. The SMILES string of the molecule is CC(NC(=O)Cn1cnnn1)c1cccc(C#CCN)c1. The quantitative estimate of drug-likeness (QED) is 0.761. The van der Waals surface area contributed by atoms with Crippen LogP contribution in [0.5, 0.6) is 0 Å². The zero-order valence-electron chi connectivity index (χ0n) is 11.7. The van der Waals surface area contributed by atoms with Gasteiger partial charge in [0.2, 0.25) is 5.91 Å². The molecule has 1 unspecified atom stereocenters. The molecule has 7 heteroatoms. The van der Waals surface area contributed by atoms with Crippen LogP contribution in [0.15, 0.2) is 30.6 Å². The maximum absolute atomic E-state index is 11.9. The summed E-state index contributed by atoms with van der Waals surface area (Å²) in [5, 5.41) is 13.5. The zero-order valence-corrected chi connectivity index (χ0v) is 11.7. The zero-order chi connectivity index (χ0) is 15.1. The highest BCUT2D eigenvalue weighted by molar-refractivity contribution is 5.76. The highest BCUT2D eigenvalue weighted by Gasteiger charge is 2.10. The Balaban J connectivity index is 1.99. The first-order valence-electron chi connectivity index (χ1n) is 6.48. The van der Waals surface area contributed by atoms with Gasteiger partial charge in [0.15, 0.2) is 0 Å². The van der Waals surface area contributed by atoms with Crippen molar-refractivity contribution in [2.75, 3.05) is 6.54 Å². The van der Waals surface area contributed by atoms with E-state index in [0.717, 1.165) is 11.1 Å². The summed E-state index contributed by atoms with van der Waals surface area (Å²) in [6, 6.07) is 7.55. The first-order valence-corrected chi connectivity index (χ1v) is 6.48. The number of aromatic nitrogens is 4. The summed E-state index contributed by atoms with van der Waals surface area (Å²) in [4.78, 5) is 11.9. The number of hydrogen-bond donors (Lipinski definition) is 2. The van der Waals surface area contributed by atoms with E-state index >= 15 is 0 Å². The topological polar surface area (TPSA) is 98.7 Å². The van der Waals surface area contributed by atoms with E-state index in [4.69, 9.17) is 5.73 Å². The van der Waals surface area contributed by atoms with Gasteiger partial charge in [-0.05, 0) is 35.0 Å². The molecule has 0 aliphatic rings. The van der Waals surface area contributed by atoms with E-state index in [9.17, 15) is 4.79 Å². The molecule has 0 radical (unpaired) electrons. The molecule has 0 saturated carbocycles. The molecule has 0 spiro atoms. The Labute approximate surface area is 122 Å². The molecule has 2 aromatic rings. The van der Waals surface area contributed by atoms with Gasteiger partial charge in [0.1, 0.15) is 12.9 Å². The third kappa shape index (κ3) is 4.40. The molecule has 1 aromatic heterocycles. The summed E-state index contributed by atoms with van der Waals surface area (Å²) in [5.41, 5.74) is 7.21. The highest BCUT2D eigenvalue weighted by Crippen LogP contribution is 2.13. The highest BCUT2D eigenvalue weighted by atomic mass is 16.2. The predicted octanol–water partition coefficient (Wildman–Crippen LogP) is -0.139. The van der Waals surface area contributed by atoms with E-state index in [0.29, 0.717) is 6.54 Å². The molecular formula is C14H16N6O. The van der Waals surface area contributed by atoms with E-state index in [2.05, 4.69) is 32.7 Å². The number of benzene rings is 1. The number of amides is 1. The van der Waals surface area contributed by atoms with Crippen LogP contribution in [0.3, 0.4) is 0 Å². The maximum Gasteiger partial charge on any atom is 0.242 e. The third-order valence-corrected chi connectivity index (χ3v) is 2.80. The molecule has 21 heavy (non-hydrogen) atoms. The molecule has 3 N–H and O–H groups in total. The largest absolute Gasteiger partial charge is 0.348 e. The van der Waals surface area contributed by atoms with Crippen LogP contribution in [0.1, 0.15) is 24.1 Å². The number of nitrogens with zero attached hydrogens (tertiary/aromatic N) is 4. The van der Waals surface area contributed by atoms with Gasteiger partial charge in [-0.2, -0.15) is 0 Å². The van der Waals surface area contributed by atoms with E-state index in [1.54, 1.807) is 0 Å². The molecule has 0 saturated heterocycles. The van der Waals surface area contributed by atoms with Crippen molar-refractivity contribution in [2.24, 2.45) is 5.73 Å². The van der Waals surface area contributed by atoms with Crippen molar-refractivity contribution < 1.29 is 4.79 Å². The van der Waals surface area contributed by atoms with Crippen LogP contribution < -0.4 is 11.1 Å². The fourth-order valence-corrected chi connectivity index (χ4v) is 1.81. The molecular weight excluding hydrogens is 268 g/mol. The summed E-state index contributed by atoms with van der Waals surface area (Å²) in [6.45, 7) is 2.32. The van der Waals surface area contributed by atoms with Crippen LogP contribution in [-0.2, 0) is 11.3 Å². The lowest BCUT2D eigenvalue weighted by molar-refractivity contribution is -0.122. The van der Waals surface area contributed by atoms with Crippen LogP contribution >= 0.6 is 0 Å². The molecule has 1 aromatic carbocycles. The summed E-state index contributed by atoms with van der Waals surface area (Å²) in [7, 11) is 0. The molecule has 0 aliphatic carbocycles. The third-order valence-electron chi connectivity index (χ3n) is 2.80. The van der Waals surface area contributed by atoms with E-state index in [1.165, 1.54) is 11.0 Å². The molecule has 1 heterocycles. The number of tetrazole rings is 1. The second kappa shape index (κ2) is 7.17. The Kier molecular flexibility index (Phi) is 5.01. The van der Waals surface area contributed by atoms with Gasteiger partial charge >= 0.3 is 0 Å². The minimum atomic E-state index is -0.159. The standard InChI is InChI=1S/C14H16N6O/c1-11(17-14(21)9-20-10-16-18-19-20)13-6-2-4-12(8-13)5-3-7-15/h2,4,6,8,10-11H,7,9,15H2,1H3,(H,17,21). The molecule has 0 aliphatic heterocycles. The molecule has 0 fully saturated rings. The smallest absolute Gasteiger partial charge is 0.242 e. The summed E-state index contributed by atoms with van der Waals surface area (Å²) < 4.78 is 1.37. The van der Waals surface area contributed by atoms with E-state index in [-0.39, 0.29) is 18.5 Å². The lowest BCUT2D eigenvalue weighted by Crippen LogP contribution is -2.30. The Bertz CT molecular complexity index is 656. The van der Waals surface area contributed by atoms with Crippen molar-refractivity contribution in [1.82, 2.24) is 25.5 Å². The van der Waals surface area contributed by atoms with Gasteiger partial charge < -0.3 is 11.1 Å². The van der Waals surface area contributed by atoms with Crippen molar-refractivity contribution in [1.29, 1.82) is 0 Å². The molecule has 1 atom stereocenters. The Morgan fingerprint density at radius 3 is 3.10 bits per heavy atom. The van der Waals surface area contributed by atoms with Crippen molar-refractivity contribution in [3.63, 3.8) is 0 Å². The van der Waals surface area contributed by atoms with Gasteiger partial charge in [-0.3, -0.25) is 4.79 Å². The number of nitrogens with two attached hydrogens (primary N) is 1. The van der Waals surface area contributed by atoms with Crippen LogP contribution in [-0.4, -0.2) is 32.7 Å². The van der Waals surface area contributed by atoms with Crippen molar-refractivity contribution >= 4 is 5.91 Å². The number of rotatable bonds is 4. The van der Waals surface area contributed by atoms with Crippen LogP contribution in [0.2, 0.25) is 0 Å². The Morgan fingerprint density at radius 2 is 2.38 bits per heavy atom. The predicted molar refractivity (Wildman–Crippen MR) is 76.7 cm³/mol. The molecule has 1 amide bonds. The average Bonchev–Trinajstić information content (AvgIpc) is 2.98. The summed E-state index contributed by atoms with van der Waals surface area (Å²) in [6.07, 6.45) is 1.40. The molecule has 0 bridgehead atoms. The van der Waals surface area contributed by atoms with Gasteiger partial charge in [-0.25, -0.2) is 4.68 Å². The lowest BCUT2D eigenvalue weighted by atomic mass is 10.1. The first-order chi connectivity index (χ1) is 10.2. The number of hydrogen-bond acceptors (Lipinski definition) is 5. The molecule has 7 nitrogen and oxygen atoms in total. The van der Waals surface area contributed by atoms with Gasteiger partial charge in [-0.15, -0.1) is 5.10 Å². The van der Waals surface area contributed by atoms with Gasteiger partial charge in [-0.1, -0.05) is 24.0 Å². The Hall–Kier alpha value is -2.72. The van der Waals surface area contributed by atoms with E-state index in [1.807, 2.05) is 31.2 Å². The second-order valence-corrected chi connectivity index (χ2v) is 4.43. The van der Waals surface area contributed by atoms with Crippen LogP contribution in [0, 0.1) is 11.8 Å². The minimum Gasteiger partial charge on any atom is -0.348 e. The maximum atomic E-state index is 11.9. The lowest BCUT2D eigenvalue weighted by Gasteiger charge is -2.14.